The van der Waals surface area contributed by atoms with Gasteiger partial charge in [-0.05, 0) is 52.7 Å². The van der Waals surface area contributed by atoms with Crippen LogP contribution in [-0.2, 0) is 14.5 Å². The first-order valence-electron chi connectivity index (χ1n) is 11.6. The van der Waals surface area contributed by atoms with Crippen molar-refractivity contribution in [2.75, 3.05) is 30.8 Å². The van der Waals surface area contributed by atoms with Crippen LogP contribution in [-0.4, -0.2) is 66.5 Å². The molecular formula is C24H33N7OS. The average Bonchev–Trinajstić information content (AvgIpc) is 3.44. The molecule has 1 aliphatic carbocycles. The number of rotatable bonds is 4. The molecule has 2 fully saturated rings. The predicted octanol–water partition coefficient (Wildman–Crippen LogP) is 3.99. The van der Waals surface area contributed by atoms with Crippen LogP contribution >= 0.6 is 0 Å². The monoisotopic (exact) mass is 467 g/mol. The fourth-order valence-corrected chi connectivity index (χ4v) is 6.34. The van der Waals surface area contributed by atoms with Gasteiger partial charge in [0.25, 0.3) is 0 Å². The third-order valence-corrected chi connectivity index (χ3v) is 9.31. The fourth-order valence-electron chi connectivity index (χ4n) is 4.96. The fraction of sp³-hybridized carbons (Fsp3) is 0.542. The number of nitrogens with zero attached hydrogens (tertiary/aromatic N) is 5. The van der Waals surface area contributed by atoms with Crippen molar-refractivity contribution < 1.29 is 4.21 Å². The van der Waals surface area contributed by atoms with Gasteiger partial charge in [-0.2, -0.15) is 0 Å². The van der Waals surface area contributed by atoms with Crippen molar-refractivity contribution in [1.82, 2.24) is 24.8 Å². The molecule has 0 spiro atoms. The molecule has 0 radical (unpaired) electrons. The molecule has 2 aliphatic rings. The predicted molar refractivity (Wildman–Crippen MR) is 133 cm³/mol. The lowest BCUT2D eigenvalue weighted by Gasteiger charge is -2.46. The van der Waals surface area contributed by atoms with Gasteiger partial charge < -0.3 is 9.88 Å². The lowest BCUT2D eigenvalue weighted by molar-refractivity contribution is 0.112. The number of pyridine rings is 1. The zero-order valence-corrected chi connectivity index (χ0v) is 20.9. The second kappa shape index (κ2) is 7.50. The summed E-state index contributed by atoms with van der Waals surface area (Å²) in [4.78, 5) is 22.3. The van der Waals surface area contributed by atoms with E-state index in [1.807, 2.05) is 24.4 Å². The Morgan fingerprint density at radius 2 is 1.97 bits per heavy atom. The van der Waals surface area contributed by atoms with E-state index in [4.69, 9.17) is 14.7 Å². The molecule has 2 N–H and O–H groups in total. The Balaban J connectivity index is 1.63. The minimum Gasteiger partial charge on any atom is -0.351 e. The van der Waals surface area contributed by atoms with E-state index in [-0.39, 0.29) is 11.6 Å². The minimum atomic E-state index is -2.80. The van der Waals surface area contributed by atoms with Crippen molar-refractivity contribution in [3.05, 3.63) is 36.3 Å². The van der Waals surface area contributed by atoms with E-state index in [0.29, 0.717) is 5.82 Å². The first-order valence-corrected chi connectivity index (χ1v) is 13.5. The summed E-state index contributed by atoms with van der Waals surface area (Å²) in [6.07, 6.45) is 6.62. The van der Waals surface area contributed by atoms with E-state index in [2.05, 4.69) is 47.5 Å². The summed E-state index contributed by atoms with van der Waals surface area (Å²) in [5.41, 5.74) is 2.54. The second-order valence-corrected chi connectivity index (χ2v) is 13.0. The van der Waals surface area contributed by atoms with Crippen molar-refractivity contribution >= 4 is 26.6 Å². The molecule has 2 atom stereocenters. The maximum Gasteiger partial charge on any atom is 0.162 e. The first kappa shape index (κ1) is 22.3. The molecule has 8 nitrogen and oxygen atoms in total. The SMILES string of the molecule is C[C@@H]1CN(C(C)(C)C)CCN1c1cc(C2([S@@](C)(=N)=O)CC2)nc(-c2ccnc3[nH]ccc23)n1. The van der Waals surface area contributed by atoms with E-state index in [0.717, 1.165) is 60.6 Å². The average molecular weight is 468 g/mol. The Hall–Kier alpha value is -2.52. The highest BCUT2D eigenvalue weighted by atomic mass is 32.2. The third kappa shape index (κ3) is 3.81. The molecule has 0 aromatic carbocycles. The number of hydrogen-bond acceptors (Lipinski definition) is 7. The minimum absolute atomic E-state index is 0.121. The molecule has 0 unspecified atom stereocenters. The van der Waals surface area contributed by atoms with Gasteiger partial charge in [0.2, 0.25) is 0 Å². The summed E-state index contributed by atoms with van der Waals surface area (Å²) < 4.78 is 20.7. The van der Waals surface area contributed by atoms with E-state index in [1.54, 1.807) is 12.5 Å². The third-order valence-electron chi connectivity index (χ3n) is 7.20. The topological polar surface area (TPSA) is 102 Å². The van der Waals surface area contributed by atoms with Crippen LogP contribution in [0.1, 0.15) is 46.2 Å². The van der Waals surface area contributed by atoms with Gasteiger partial charge in [-0.15, -0.1) is 0 Å². The van der Waals surface area contributed by atoms with E-state index < -0.39 is 14.5 Å². The molecule has 1 saturated carbocycles. The van der Waals surface area contributed by atoms with Crippen LogP contribution < -0.4 is 4.90 Å². The lowest BCUT2D eigenvalue weighted by Crippen LogP contribution is -2.57. The van der Waals surface area contributed by atoms with Gasteiger partial charge in [-0.1, -0.05) is 0 Å². The summed E-state index contributed by atoms with van der Waals surface area (Å²) in [7, 11) is -2.80. The van der Waals surface area contributed by atoms with Crippen LogP contribution in [0.25, 0.3) is 22.4 Å². The molecule has 1 aliphatic heterocycles. The number of fused-ring (bicyclic) bond motifs is 1. The summed E-state index contributed by atoms with van der Waals surface area (Å²) in [6, 6.07) is 6.19. The number of aromatic amines is 1. The Kier molecular flexibility index (Phi) is 5.06. The summed E-state index contributed by atoms with van der Waals surface area (Å²) in [5.74, 6) is 1.46. The Bertz CT molecular complexity index is 1300. The molecule has 33 heavy (non-hydrogen) atoms. The molecule has 0 bridgehead atoms. The number of aromatic nitrogens is 4. The van der Waals surface area contributed by atoms with Crippen LogP contribution in [0.4, 0.5) is 5.82 Å². The zero-order chi connectivity index (χ0) is 23.6. The maximum absolute atomic E-state index is 13.0. The smallest absolute Gasteiger partial charge is 0.162 e. The molecule has 4 heterocycles. The first-order chi connectivity index (χ1) is 15.5. The molecule has 5 rings (SSSR count). The van der Waals surface area contributed by atoms with Gasteiger partial charge in [0.05, 0.1) is 20.2 Å². The largest absolute Gasteiger partial charge is 0.351 e. The van der Waals surface area contributed by atoms with Crippen molar-refractivity contribution in [2.24, 2.45) is 0 Å². The van der Waals surface area contributed by atoms with Crippen molar-refractivity contribution in [3.63, 3.8) is 0 Å². The standard InChI is InChI=1S/C24H33N7OS/c1-16-15-30(23(2,3)4)12-13-31(16)20-14-19(24(8-9-24)33(5,25)32)28-22(29-20)18-7-11-27-21-17(18)6-10-26-21/h6-7,10-11,14,16,25H,8-9,12-13,15H2,1-5H3,(H,26,27)/t16-,33+/m1/s1. The molecule has 9 heteroatoms. The number of H-pyrrole nitrogens is 1. The normalized spacial score (nSPS) is 22.9. The highest BCUT2D eigenvalue weighted by molar-refractivity contribution is 7.92. The van der Waals surface area contributed by atoms with Crippen molar-refractivity contribution in [3.8, 4) is 11.4 Å². The molecule has 176 valence electrons. The van der Waals surface area contributed by atoms with E-state index in [9.17, 15) is 4.21 Å². The highest BCUT2D eigenvalue weighted by Gasteiger charge is 2.53. The van der Waals surface area contributed by atoms with Crippen LogP contribution in [0.2, 0.25) is 0 Å². The van der Waals surface area contributed by atoms with Gasteiger partial charge in [0, 0.05) is 66.9 Å². The lowest BCUT2D eigenvalue weighted by atomic mass is 10.0. The zero-order valence-electron chi connectivity index (χ0n) is 20.1. The molecular weight excluding hydrogens is 434 g/mol. The van der Waals surface area contributed by atoms with Crippen molar-refractivity contribution in [2.45, 2.75) is 56.9 Å². The second-order valence-electron chi connectivity index (χ2n) is 10.5. The number of piperazine rings is 1. The highest BCUT2D eigenvalue weighted by Crippen LogP contribution is 2.52. The summed E-state index contributed by atoms with van der Waals surface area (Å²) >= 11 is 0. The molecule has 3 aromatic rings. The quantitative estimate of drug-likeness (QED) is 0.601. The van der Waals surface area contributed by atoms with Gasteiger partial charge in [-0.25, -0.2) is 19.2 Å². The van der Waals surface area contributed by atoms with Gasteiger partial charge in [0.15, 0.2) is 5.82 Å². The Labute approximate surface area is 195 Å². The summed E-state index contributed by atoms with van der Waals surface area (Å²) in [5, 5.41) is 0.958. The Morgan fingerprint density at radius 1 is 1.21 bits per heavy atom. The molecule has 0 amide bonds. The number of nitrogens with one attached hydrogen (secondary N) is 2. The van der Waals surface area contributed by atoms with Crippen LogP contribution in [0.15, 0.2) is 30.6 Å². The summed E-state index contributed by atoms with van der Waals surface area (Å²) in [6.45, 7) is 11.8. The number of hydrogen-bond donors (Lipinski definition) is 2. The van der Waals surface area contributed by atoms with Crippen LogP contribution in [0.5, 0.6) is 0 Å². The molecule has 1 saturated heterocycles. The van der Waals surface area contributed by atoms with Gasteiger partial charge in [0.1, 0.15) is 11.5 Å². The van der Waals surface area contributed by atoms with Crippen molar-refractivity contribution in [1.29, 1.82) is 4.78 Å². The Morgan fingerprint density at radius 3 is 2.61 bits per heavy atom. The number of anilines is 1. The maximum atomic E-state index is 13.0. The van der Waals surface area contributed by atoms with Gasteiger partial charge in [-0.3, -0.25) is 9.68 Å². The van der Waals surface area contributed by atoms with E-state index in [1.165, 1.54) is 0 Å². The molecule has 3 aromatic heterocycles. The van der Waals surface area contributed by atoms with Gasteiger partial charge >= 0.3 is 0 Å². The van der Waals surface area contributed by atoms with Crippen LogP contribution in [0.3, 0.4) is 0 Å². The van der Waals surface area contributed by atoms with Crippen LogP contribution in [0, 0.1) is 4.78 Å². The van der Waals surface area contributed by atoms with E-state index >= 15 is 0 Å².